The highest BCUT2D eigenvalue weighted by molar-refractivity contribution is 5.91. The Morgan fingerprint density at radius 3 is 2.14 bits per heavy atom. The summed E-state index contributed by atoms with van der Waals surface area (Å²) in [6, 6.07) is 27.6. The summed E-state index contributed by atoms with van der Waals surface area (Å²) in [6.45, 7) is 2.34. The summed E-state index contributed by atoms with van der Waals surface area (Å²) in [5.41, 5.74) is 4.49. The van der Waals surface area contributed by atoms with Gasteiger partial charge in [-0.1, -0.05) is 30.3 Å². The Kier molecular flexibility index (Phi) is 6.13. The van der Waals surface area contributed by atoms with Crippen LogP contribution < -0.4 is 14.2 Å². The number of aryl methyl sites for hydroxylation is 1. The van der Waals surface area contributed by atoms with Crippen LogP contribution in [0.4, 0.5) is 0 Å². The van der Waals surface area contributed by atoms with Crippen molar-refractivity contribution in [1.82, 2.24) is 15.0 Å². The largest absolute Gasteiger partial charge is 0.497 e. The molecular formula is C28H23N3O4. The minimum Gasteiger partial charge on any atom is -0.497 e. The summed E-state index contributed by atoms with van der Waals surface area (Å²) in [4.78, 5) is 14.4. The molecule has 35 heavy (non-hydrogen) atoms. The topological polar surface area (TPSA) is 75.5 Å². The lowest BCUT2D eigenvalue weighted by Gasteiger charge is -2.11. The molecule has 0 saturated heterocycles. The van der Waals surface area contributed by atoms with E-state index in [0.717, 1.165) is 33.7 Å². The van der Waals surface area contributed by atoms with Gasteiger partial charge < -0.3 is 14.2 Å². The molecule has 0 atom stereocenters. The molecule has 7 nitrogen and oxygen atoms in total. The van der Waals surface area contributed by atoms with Crippen molar-refractivity contribution in [2.24, 2.45) is 0 Å². The molecule has 0 saturated carbocycles. The molecule has 7 heteroatoms. The second-order valence-corrected chi connectivity index (χ2v) is 8.00. The number of benzene rings is 4. The SMILES string of the molecule is COc1ccc(OCc2ccc(C(=O)Oc3ccc(C)cc3-n3nc4ccccc4n3)cc2)cc1. The van der Waals surface area contributed by atoms with Crippen LogP contribution in [0.2, 0.25) is 0 Å². The van der Waals surface area contributed by atoms with Crippen molar-refractivity contribution in [3.63, 3.8) is 0 Å². The Morgan fingerprint density at radius 1 is 0.829 bits per heavy atom. The van der Waals surface area contributed by atoms with Crippen LogP contribution in [0.15, 0.2) is 91.0 Å². The van der Waals surface area contributed by atoms with Gasteiger partial charge in [0, 0.05) is 0 Å². The average Bonchev–Trinajstić information content (AvgIpc) is 3.33. The van der Waals surface area contributed by atoms with Crippen molar-refractivity contribution in [3.05, 3.63) is 108 Å². The zero-order valence-corrected chi connectivity index (χ0v) is 19.3. The molecule has 0 aliphatic rings. The number of esters is 1. The minimum atomic E-state index is -0.463. The molecule has 4 aromatic carbocycles. The highest BCUT2D eigenvalue weighted by atomic mass is 16.5. The molecule has 1 heterocycles. The fourth-order valence-corrected chi connectivity index (χ4v) is 3.57. The molecule has 0 spiro atoms. The number of hydrogen-bond acceptors (Lipinski definition) is 6. The van der Waals surface area contributed by atoms with Gasteiger partial charge in [-0.2, -0.15) is 0 Å². The standard InChI is InChI=1S/C28H23N3O4/c1-19-7-16-27(26(17-19)31-29-24-5-3-4-6-25(24)30-31)35-28(32)21-10-8-20(9-11-21)18-34-23-14-12-22(33-2)13-15-23/h3-17H,18H2,1-2H3. The van der Waals surface area contributed by atoms with Gasteiger partial charge in [-0.05, 0) is 78.7 Å². The van der Waals surface area contributed by atoms with E-state index in [0.29, 0.717) is 23.6 Å². The lowest BCUT2D eigenvalue weighted by molar-refractivity contribution is 0.0734. The third-order valence-electron chi connectivity index (χ3n) is 5.47. The Hall–Kier alpha value is -4.65. The molecule has 5 rings (SSSR count). The zero-order chi connectivity index (χ0) is 24.2. The summed E-state index contributed by atoms with van der Waals surface area (Å²) in [5, 5.41) is 9.05. The second-order valence-electron chi connectivity index (χ2n) is 8.00. The molecule has 0 radical (unpaired) electrons. The highest BCUT2D eigenvalue weighted by Crippen LogP contribution is 2.26. The minimum absolute atomic E-state index is 0.377. The quantitative estimate of drug-likeness (QED) is 0.232. The first kappa shape index (κ1) is 22.2. The van der Waals surface area contributed by atoms with Gasteiger partial charge in [-0.25, -0.2) is 4.79 Å². The first-order valence-electron chi connectivity index (χ1n) is 11.1. The Balaban J connectivity index is 1.29. The molecule has 0 fully saturated rings. The zero-order valence-electron chi connectivity index (χ0n) is 19.3. The van der Waals surface area contributed by atoms with Crippen molar-refractivity contribution in [2.75, 3.05) is 7.11 Å². The Morgan fingerprint density at radius 2 is 1.49 bits per heavy atom. The summed E-state index contributed by atoms with van der Waals surface area (Å²) in [7, 11) is 1.62. The molecular weight excluding hydrogens is 442 g/mol. The maximum atomic E-state index is 12.9. The van der Waals surface area contributed by atoms with Crippen LogP contribution >= 0.6 is 0 Å². The molecule has 0 N–H and O–H groups in total. The predicted molar refractivity (Wildman–Crippen MR) is 132 cm³/mol. The number of ether oxygens (including phenoxy) is 3. The van der Waals surface area contributed by atoms with Crippen molar-refractivity contribution >= 4 is 17.0 Å². The Labute approximate surface area is 202 Å². The van der Waals surface area contributed by atoms with E-state index in [9.17, 15) is 4.79 Å². The number of aromatic nitrogens is 3. The van der Waals surface area contributed by atoms with Gasteiger partial charge in [0.25, 0.3) is 0 Å². The van der Waals surface area contributed by atoms with E-state index in [2.05, 4.69) is 10.2 Å². The molecule has 1 aromatic heterocycles. The van der Waals surface area contributed by atoms with Crippen LogP contribution in [0.1, 0.15) is 21.5 Å². The van der Waals surface area contributed by atoms with Crippen LogP contribution in [0.25, 0.3) is 16.7 Å². The molecule has 0 bridgehead atoms. The lowest BCUT2D eigenvalue weighted by Crippen LogP contribution is -2.11. The predicted octanol–water partition coefficient (Wildman–Crippen LogP) is 5.54. The van der Waals surface area contributed by atoms with Gasteiger partial charge in [0.2, 0.25) is 0 Å². The Bertz CT molecular complexity index is 1440. The molecule has 0 unspecified atom stereocenters. The first-order valence-corrected chi connectivity index (χ1v) is 11.1. The van der Waals surface area contributed by atoms with Gasteiger partial charge in [0.05, 0.1) is 12.7 Å². The molecule has 0 amide bonds. The molecule has 5 aromatic rings. The third kappa shape index (κ3) is 4.99. The smallest absolute Gasteiger partial charge is 0.343 e. The van der Waals surface area contributed by atoms with Crippen molar-refractivity contribution in [1.29, 1.82) is 0 Å². The molecule has 0 aliphatic heterocycles. The maximum absolute atomic E-state index is 12.9. The number of carbonyl (C=O) groups excluding carboxylic acids is 1. The van der Waals surface area contributed by atoms with E-state index < -0.39 is 5.97 Å². The highest BCUT2D eigenvalue weighted by Gasteiger charge is 2.15. The van der Waals surface area contributed by atoms with E-state index in [4.69, 9.17) is 14.2 Å². The lowest BCUT2D eigenvalue weighted by atomic mass is 10.1. The van der Waals surface area contributed by atoms with E-state index in [1.54, 1.807) is 25.3 Å². The molecule has 174 valence electrons. The fraction of sp³-hybridized carbons (Fsp3) is 0.107. The second kappa shape index (κ2) is 9.69. The van der Waals surface area contributed by atoms with E-state index >= 15 is 0 Å². The van der Waals surface area contributed by atoms with Crippen LogP contribution in [0.3, 0.4) is 0 Å². The van der Waals surface area contributed by atoms with Crippen molar-refractivity contribution in [2.45, 2.75) is 13.5 Å². The fourth-order valence-electron chi connectivity index (χ4n) is 3.57. The van der Waals surface area contributed by atoms with Crippen LogP contribution in [-0.4, -0.2) is 28.1 Å². The third-order valence-corrected chi connectivity index (χ3v) is 5.47. The van der Waals surface area contributed by atoms with Gasteiger partial charge in [-0.3, -0.25) is 0 Å². The summed E-state index contributed by atoms with van der Waals surface area (Å²) in [5.74, 6) is 1.43. The number of methoxy groups -OCH3 is 1. The van der Waals surface area contributed by atoms with Gasteiger partial charge in [-0.15, -0.1) is 15.0 Å². The summed E-state index contributed by atoms with van der Waals surface area (Å²) < 4.78 is 16.7. The van der Waals surface area contributed by atoms with Gasteiger partial charge >= 0.3 is 5.97 Å². The number of rotatable bonds is 7. The number of carbonyl (C=O) groups is 1. The average molecular weight is 466 g/mol. The molecule has 0 aliphatic carbocycles. The van der Waals surface area contributed by atoms with E-state index in [-0.39, 0.29) is 0 Å². The van der Waals surface area contributed by atoms with Crippen molar-refractivity contribution in [3.8, 4) is 22.9 Å². The van der Waals surface area contributed by atoms with E-state index in [1.165, 1.54) is 4.80 Å². The van der Waals surface area contributed by atoms with E-state index in [1.807, 2.05) is 79.7 Å². The van der Waals surface area contributed by atoms with Gasteiger partial charge in [0.15, 0.2) is 5.75 Å². The van der Waals surface area contributed by atoms with Gasteiger partial charge in [0.1, 0.15) is 34.8 Å². The van der Waals surface area contributed by atoms with Crippen molar-refractivity contribution < 1.29 is 19.0 Å². The number of fused-ring (bicyclic) bond motifs is 1. The maximum Gasteiger partial charge on any atom is 0.343 e. The normalized spacial score (nSPS) is 10.8. The summed E-state index contributed by atoms with van der Waals surface area (Å²) >= 11 is 0. The number of nitrogens with zero attached hydrogens (tertiary/aromatic N) is 3. The van der Waals surface area contributed by atoms with Crippen LogP contribution in [-0.2, 0) is 6.61 Å². The van der Waals surface area contributed by atoms with Crippen LogP contribution in [0, 0.1) is 6.92 Å². The number of hydrogen-bond donors (Lipinski definition) is 0. The van der Waals surface area contributed by atoms with Crippen LogP contribution in [0.5, 0.6) is 17.2 Å². The summed E-state index contributed by atoms with van der Waals surface area (Å²) in [6.07, 6.45) is 0. The first-order chi connectivity index (χ1) is 17.1. The monoisotopic (exact) mass is 465 g/mol.